The average Bonchev–Trinajstić information content (AvgIpc) is 2.60. The number of halogens is 2. The second-order valence-corrected chi connectivity index (χ2v) is 7.46. The molecule has 25 heavy (non-hydrogen) atoms. The fourth-order valence-corrected chi connectivity index (χ4v) is 2.94. The molecule has 1 aromatic rings. The summed E-state index contributed by atoms with van der Waals surface area (Å²) >= 11 is 13.4. The van der Waals surface area contributed by atoms with E-state index in [1.54, 1.807) is 23.9 Å². The van der Waals surface area contributed by atoms with Gasteiger partial charge in [-0.15, -0.1) is 0 Å². The van der Waals surface area contributed by atoms with E-state index >= 15 is 0 Å². The second-order valence-electron chi connectivity index (χ2n) is 5.66. The Morgan fingerprint density at radius 2 is 1.96 bits per heavy atom. The van der Waals surface area contributed by atoms with Gasteiger partial charge in [0.2, 0.25) is 0 Å². The highest BCUT2D eigenvalue weighted by Gasteiger charge is 2.22. The number of esters is 1. The van der Waals surface area contributed by atoms with Crippen LogP contribution in [0.4, 0.5) is 0 Å². The molecule has 4 nitrogen and oxygen atoms in total. The molecule has 0 saturated carbocycles. The molecule has 0 unspecified atom stereocenters. The Bertz CT molecular complexity index is 569. The molecule has 0 heterocycles. The van der Waals surface area contributed by atoms with E-state index < -0.39 is 6.04 Å². The number of nitrogens with one attached hydrogen (secondary N) is 1. The topological polar surface area (TPSA) is 55.4 Å². The van der Waals surface area contributed by atoms with Gasteiger partial charge >= 0.3 is 5.97 Å². The average molecular weight is 406 g/mol. The lowest BCUT2D eigenvalue weighted by molar-refractivity contribution is -0.146. The van der Waals surface area contributed by atoms with Crippen molar-refractivity contribution in [2.45, 2.75) is 45.1 Å². The van der Waals surface area contributed by atoms with Crippen molar-refractivity contribution in [3.8, 4) is 0 Å². The van der Waals surface area contributed by atoms with Crippen molar-refractivity contribution in [1.29, 1.82) is 0 Å². The summed E-state index contributed by atoms with van der Waals surface area (Å²) in [5.41, 5.74) is 0.360. The van der Waals surface area contributed by atoms with Crippen LogP contribution in [-0.4, -0.2) is 36.5 Å². The third-order valence-corrected chi connectivity index (χ3v) is 5.01. The Kier molecular flexibility index (Phi) is 11.0. The zero-order valence-electron chi connectivity index (χ0n) is 14.6. The first-order valence-electron chi connectivity index (χ1n) is 8.41. The lowest BCUT2D eigenvalue weighted by Gasteiger charge is -2.17. The Morgan fingerprint density at radius 1 is 1.20 bits per heavy atom. The fraction of sp³-hybridized carbons (Fsp3) is 0.556. The molecule has 1 N–H and O–H groups in total. The van der Waals surface area contributed by atoms with E-state index in [2.05, 4.69) is 12.2 Å². The first-order chi connectivity index (χ1) is 12.0. The molecule has 0 aliphatic carbocycles. The van der Waals surface area contributed by atoms with Crippen molar-refractivity contribution in [2.75, 3.05) is 18.6 Å². The molecule has 7 heteroatoms. The third kappa shape index (κ3) is 8.34. The summed E-state index contributed by atoms with van der Waals surface area (Å²) in [5, 5.41) is 3.42. The molecule has 1 rings (SSSR count). The molecule has 0 aliphatic heterocycles. The minimum absolute atomic E-state index is 0.300. The van der Waals surface area contributed by atoms with E-state index in [9.17, 15) is 9.59 Å². The highest BCUT2D eigenvalue weighted by atomic mass is 35.5. The second kappa shape index (κ2) is 12.4. The van der Waals surface area contributed by atoms with E-state index in [4.69, 9.17) is 27.9 Å². The van der Waals surface area contributed by atoms with Gasteiger partial charge in [0.1, 0.15) is 6.04 Å². The molecule has 1 aromatic carbocycles. The van der Waals surface area contributed by atoms with E-state index in [0.717, 1.165) is 31.4 Å². The summed E-state index contributed by atoms with van der Waals surface area (Å²) in [6.07, 6.45) is 6.60. The van der Waals surface area contributed by atoms with Crippen LogP contribution in [-0.2, 0) is 9.53 Å². The van der Waals surface area contributed by atoms with E-state index in [1.807, 2.05) is 6.26 Å². The number of hydrogen-bond donors (Lipinski definition) is 1. The fourth-order valence-electron chi connectivity index (χ4n) is 2.17. The molecule has 0 bridgehead atoms. The molecule has 0 radical (unpaired) electrons. The molecular weight excluding hydrogens is 381 g/mol. The molecule has 0 aromatic heterocycles. The summed E-state index contributed by atoms with van der Waals surface area (Å²) < 4.78 is 5.32. The predicted molar refractivity (Wildman–Crippen MR) is 106 cm³/mol. The number of rotatable bonds is 11. The van der Waals surface area contributed by atoms with Crippen molar-refractivity contribution >= 4 is 46.8 Å². The first kappa shape index (κ1) is 22.1. The van der Waals surface area contributed by atoms with Crippen LogP contribution in [0.25, 0.3) is 0 Å². The van der Waals surface area contributed by atoms with Crippen LogP contribution in [0, 0.1) is 0 Å². The molecule has 0 spiro atoms. The number of amides is 1. The van der Waals surface area contributed by atoms with Crippen LogP contribution < -0.4 is 5.32 Å². The van der Waals surface area contributed by atoms with Crippen molar-refractivity contribution in [3.63, 3.8) is 0 Å². The Balaban J connectivity index is 2.62. The van der Waals surface area contributed by atoms with Gasteiger partial charge < -0.3 is 10.1 Å². The van der Waals surface area contributed by atoms with Crippen molar-refractivity contribution in [2.24, 2.45) is 0 Å². The monoisotopic (exact) mass is 405 g/mol. The van der Waals surface area contributed by atoms with Crippen LogP contribution in [0.2, 0.25) is 10.0 Å². The molecule has 1 atom stereocenters. The van der Waals surface area contributed by atoms with Crippen LogP contribution in [0.3, 0.4) is 0 Å². The largest absolute Gasteiger partial charge is 0.464 e. The maximum atomic E-state index is 12.4. The highest BCUT2D eigenvalue weighted by molar-refractivity contribution is 7.98. The van der Waals surface area contributed by atoms with Gasteiger partial charge in [-0.05, 0) is 43.0 Å². The van der Waals surface area contributed by atoms with Crippen molar-refractivity contribution in [1.82, 2.24) is 5.32 Å². The molecule has 140 valence electrons. The summed E-state index contributed by atoms with van der Waals surface area (Å²) in [5.74, 6) is -0.0105. The van der Waals surface area contributed by atoms with Crippen LogP contribution >= 0.6 is 35.0 Å². The van der Waals surface area contributed by atoms with Gasteiger partial charge in [0.25, 0.3) is 5.91 Å². The van der Waals surface area contributed by atoms with Crippen molar-refractivity contribution < 1.29 is 14.3 Å². The van der Waals surface area contributed by atoms with Gasteiger partial charge in [0, 0.05) is 5.56 Å². The molecular formula is C18H25Cl2NO3S. The standard InChI is InChI=1S/C18H25Cl2NO3S/c1-3-4-5-6-10-24-18(23)16(9-11-25-2)21-17(22)13-7-8-14(19)15(20)12-13/h7-8,12,16H,3-6,9-11H2,1-2H3,(H,21,22)/t16-/m0/s1. The number of benzene rings is 1. The molecule has 1 amide bonds. The quantitative estimate of drug-likeness (QED) is 0.417. The van der Waals surface area contributed by atoms with Gasteiger partial charge in [-0.25, -0.2) is 4.79 Å². The number of ether oxygens (including phenoxy) is 1. The number of carbonyl (C=O) groups excluding carboxylic acids is 2. The molecule has 0 aliphatic rings. The normalized spacial score (nSPS) is 11.8. The Labute approximate surface area is 164 Å². The summed E-state index contributed by atoms with van der Waals surface area (Å²) in [7, 11) is 0. The van der Waals surface area contributed by atoms with Crippen LogP contribution in [0.5, 0.6) is 0 Å². The smallest absolute Gasteiger partial charge is 0.328 e. The van der Waals surface area contributed by atoms with E-state index in [1.165, 1.54) is 6.07 Å². The lowest BCUT2D eigenvalue weighted by Crippen LogP contribution is -2.42. The maximum Gasteiger partial charge on any atom is 0.328 e. The summed E-state index contributed by atoms with van der Waals surface area (Å²) in [6.45, 7) is 2.51. The van der Waals surface area contributed by atoms with Crippen molar-refractivity contribution in [3.05, 3.63) is 33.8 Å². The third-order valence-electron chi connectivity index (χ3n) is 3.62. The maximum absolute atomic E-state index is 12.4. The van der Waals surface area contributed by atoms with Crippen LogP contribution in [0.1, 0.15) is 49.4 Å². The van der Waals surface area contributed by atoms with Gasteiger partial charge in [-0.3, -0.25) is 4.79 Å². The highest BCUT2D eigenvalue weighted by Crippen LogP contribution is 2.22. The summed E-state index contributed by atoms with van der Waals surface area (Å²) in [6, 6.07) is 3.95. The van der Waals surface area contributed by atoms with Gasteiger partial charge in [-0.2, -0.15) is 11.8 Å². The zero-order valence-corrected chi connectivity index (χ0v) is 17.0. The van der Waals surface area contributed by atoms with Gasteiger partial charge in [0.15, 0.2) is 0 Å². The lowest BCUT2D eigenvalue weighted by atomic mass is 10.1. The zero-order chi connectivity index (χ0) is 18.7. The summed E-state index contributed by atoms with van der Waals surface area (Å²) in [4.78, 5) is 24.7. The Morgan fingerprint density at radius 3 is 2.60 bits per heavy atom. The SMILES string of the molecule is CCCCCCOC(=O)[C@H](CCSC)NC(=O)c1ccc(Cl)c(Cl)c1. The molecule has 0 fully saturated rings. The van der Waals surface area contributed by atoms with E-state index in [0.29, 0.717) is 28.6 Å². The number of unbranched alkanes of at least 4 members (excludes halogenated alkanes) is 3. The molecule has 0 saturated heterocycles. The Hall–Kier alpha value is -0.910. The van der Waals surface area contributed by atoms with Gasteiger partial charge in [0.05, 0.1) is 16.7 Å². The van der Waals surface area contributed by atoms with E-state index in [-0.39, 0.29) is 11.9 Å². The number of hydrogen-bond acceptors (Lipinski definition) is 4. The van der Waals surface area contributed by atoms with Crippen LogP contribution in [0.15, 0.2) is 18.2 Å². The predicted octanol–water partition coefficient (Wildman–Crippen LogP) is 4.97. The number of carbonyl (C=O) groups is 2. The first-order valence-corrected chi connectivity index (χ1v) is 10.6. The number of thioether (sulfide) groups is 1. The minimum atomic E-state index is -0.666. The minimum Gasteiger partial charge on any atom is -0.464 e. The van der Waals surface area contributed by atoms with Gasteiger partial charge in [-0.1, -0.05) is 49.4 Å².